The Morgan fingerprint density at radius 2 is 0.643 bits per heavy atom. The van der Waals surface area contributed by atoms with Crippen molar-refractivity contribution in [1.82, 2.24) is 15.0 Å². The summed E-state index contributed by atoms with van der Waals surface area (Å²) in [5, 5.41) is 2.75. The molecule has 0 bridgehead atoms. The first-order valence-corrected chi connectivity index (χ1v) is 27.0. The van der Waals surface area contributed by atoms with Crippen molar-refractivity contribution in [3.8, 4) is 34.2 Å². The third-order valence-corrected chi connectivity index (χ3v) is 17.1. The number of hydrogen-bond donors (Lipinski definition) is 0. The zero-order valence-electron chi connectivity index (χ0n) is 40.5. The molecular formula is C63H54N6Si. The molecule has 1 aliphatic heterocycles. The zero-order valence-corrected chi connectivity index (χ0v) is 41.5. The molecule has 0 radical (unpaired) electrons. The molecule has 0 saturated carbocycles. The molecule has 0 aliphatic carbocycles. The van der Waals surface area contributed by atoms with Gasteiger partial charge >= 0.3 is 0 Å². The smallest absolute Gasteiger partial charge is 0.164 e. The van der Waals surface area contributed by atoms with Gasteiger partial charge in [-0.3, -0.25) is 0 Å². The summed E-state index contributed by atoms with van der Waals surface area (Å²) in [4.78, 5) is 23.3. The molecule has 340 valence electrons. The first kappa shape index (κ1) is 44.1. The van der Waals surface area contributed by atoms with Gasteiger partial charge in [-0.1, -0.05) is 181 Å². The van der Waals surface area contributed by atoms with Crippen LogP contribution < -0.4 is 25.1 Å². The van der Waals surface area contributed by atoms with Crippen molar-refractivity contribution in [3.63, 3.8) is 0 Å². The Hall–Kier alpha value is -8.39. The summed E-state index contributed by atoms with van der Waals surface area (Å²) in [5.41, 5.74) is 16.8. The van der Waals surface area contributed by atoms with Crippen molar-refractivity contribution < 1.29 is 0 Å². The number of benzene rings is 9. The Balaban J connectivity index is 1.34. The third kappa shape index (κ3) is 8.24. The van der Waals surface area contributed by atoms with Gasteiger partial charge in [0.2, 0.25) is 0 Å². The van der Waals surface area contributed by atoms with Crippen LogP contribution in [0.15, 0.2) is 218 Å². The molecule has 0 N–H and O–H groups in total. The summed E-state index contributed by atoms with van der Waals surface area (Å²) >= 11 is 0. The highest BCUT2D eigenvalue weighted by Gasteiger charge is 2.41. The second kappa shape index (κ2) is 18.3. The Kier molecular flexibility index (Phi) is 11.5. The molecule has 0 spiro atoms. The predicted octanol–water partition coefficient (Wildman–Crippen LogP) is 15.7. The Morgan fingerprint density at radius 1 is 0.343 bits per heavy atom. The van der Waals surface area contributed by atoms with Gasteiger partial charge in [0, 0.05) is 50.8 Å². The summed E-state index contributed by atoms with van der Waals surface area (Å²) in [7, 11) is -2.21. The molecule has 1 aromatic heterocycles. The maximum atomic E-state index is 5.40. The highest BCUT2D eigenvalue weighted by Crippen LogP contribution is 2.55. The fraction of sp³-hybridized carbons (Fsp3) is 0.0952. The molecule has 7 heteroatoms. The fourth-order valence-corrected chi connectivity index (χ4v) is 12.8. The molecule has 9 aromatic carbocycles. The average Bonchev–Trinajstić information content (AvgIpc) is 3.39. The lowest BCUT2D eigenvalue weighted by Crippen LogP contribution is -2.58. The van der Waals surface area contributed by atoms with Crippen molar-refractivity contribution in [2.24, 2.45) is 0 Å². The van der Waals surface area contributed by atoms with Crippen molar-refractivity contribution >= 4 is 69.6 Å². The molecular weight excluding hydrogens is 869 g/mol. The van der Waals surface area contributed by atoms with E-state index in [4.69, 9.17) is 15.0 Å². The third-order valence-electron chi connectivity index (χ3n) is 13.5. The van der Waals surface area contributed by atoms with E-state index in [0.717, 1.165) is 56.5 Å². The first-order chi connectivity index (χ1) is 34.1. The van der Waals surface area contributed by atoms with Crippen molar-refractivity contribution in [2.45, 2.75) is 40.8 Å². The molecule has 0 saturated heterocycles. The number of aromatic nitrogens is 3. The molecule has 70 heavy (non-hydrogen) atoms. The maximum absolute atomic E-state index is 5.40. The summed E-state index contributed by atoms with van der Waals surface area (Å²) in [6.45, 7) is 13.6. The van der Waals surface area contributed by atoms with Crippen LogP contribution in [-0.4, -0.2) is 23.0 Å². The van der Waals surface area contributed by atoms with Gasteiger partial charge in [0.05, 0.1) is 17.1 Å². The van der Waals surface area contributed by atoms with E-state index in [1.54, 1.807) is 0 Å². The molecule has 0 unspecified atom stereocenters. The molecule has 1 aliphatic rings. The molecule has 6 nitrogen and oxygen atoms in total. The lowest BCUT2D eigenvalue weighted by atomic mass is 10.0. The standard InChI is InChI=1S/C63H54N6Si/c1-43-25-33-50(34-26-43)67(51-35-27-44(2)28-36-51)56-41-49(63-65-61(47-17-9-7-10-18-47)64-62(66-63)48-19-11-8-12-20-48)42-57(68(52-37-29-45(3)30-38-52)53-39-31-46(4)32-40-53)60(56)69-54-21-13-15-23-58(54)70(5,6)59-24-16-14-22-55(59)69/h7-42H,1-6H3. The Labute approximate surface area is 412 Å². The van der Waals surface area contributed by atoms with Gasteiger partial charge in [0.1, 0.15) is 8.07 Å². The van der Waals surface area contributed by atoms with Crippen LogP contribution in [-0.2, 0) is 0 Å². The molecule has 0 amide bonds. The van der Waals surface area contributed by atoms with Crippen LogP contribution >= 0.6 is 0 Å². The van der Waals surface area contributed by atoms with Gasteiger partial charge in [0.25, 0.3) is 0 Å². The van der Waals surface area contributed by atoms with Crippen LogP contribution in [0.1, 0.15) is 22.3 Å². The van der Waals surface area contributed by atoms with E-state index in [2.05, 4.69) is 237 Å². The second-order valence-corrected chi connectivity index (χ2v) is 23.2. The minimum absolute atomic E-state index is 0.565. The molecule has 11 rings (SSSR count). The molecule has 10 aromatic rings. The van der Waals surface area contributed by atoms with E-state index in [1.165, 1.54) is 44.0 Å². The van der Waals surface area contributed by atoms with E-state index >= 15 is 0 Å². The van der Waals surface area contributed by atoms with E-state index in [-0.39, 0.29) is 0 Å². The maximum Gasteiger partial charge on any atom is 0.164 e. The van der Waals surface area contributed by atoms with Crippen molar-refractivity contribution in [3.05, 3.63) is 241 Å². The summed E-state index contributed by atoms with van der Waals surface area (Å²) in [6.07, 6.45) is 0. The normalized spacial score (nSPS) is 12.5. The van der Waals surface area contributed by atoms with Crippen LogP contribution in [0.4, 0.5) is 51.2 Å². The number of aryl methyl sites for hydroxylation is 4. The van der Waals surface area contributed by atoms with Gasteiger partial charge in [-0.2, -0.15) is 0 Å². The minimum Gasteiger partial charge on any atom is -0.308 e. The number of para-hydroxylation sites is 2. The van der Waals surface area contributed by atoms with Crippen LogP contribution in [0.5, 0.6) is 0 Å². The average molecular weight is 923 g/mol. The second-order valence-electron chi connectivity index (χ2n) is 18.9. The van der Waals surface area contributed by atoms with Gasteiger partial charge in [-0.15, -0.1) is 0 Å². The Bertz CT molecular complexity index is 3170. The van der Waals surface area contributed by atoms with Crippen LogP contribution in [0.2, 0.25) is 13.1 Å². The van der Waals surface area contributed by atoms with Gasteiger partial charge in [-0.25, -0.2) is 15.0 Å². The fourth-order valence-electron chi connectivity index (χ4n) is 9.78. The molecule has 2 heterocycles. The highest BCUT2D eigenvalue weighted by atomic mass is 28.3. The zero-order chi connectivity index (χ0) is 47.9. The van der Waals surface area contributed by atoms with Crippen molar-refractivity contribution in [1.29, 1.82) is 0 Å². The summed E-state index contributed by atoms with van der Waals surface area (Å²) < 4.78 is 0. The number of hydrogen-bond acceptors (Lipinski definition) is 6. The lowest BCUT2D eigenvalue weighted by molar-refractivity contribution is 1.07. The van der Waals surface area contributed by atoms with Gasteiger partial charge < -0.3 is 14.7 Å². The molecule has 0 atom stereocenters. The number of nitrogens with zero attached hydrogens (tertiary/aromatic N) is 6. The highest BCUT2D eigenvalue weighted by molar-refractivity contribution is 7.02. The first-order valence-electron chi connectivity index (χ1n) is 24.0. The molecule has 0 fully saturated rings. The number of rotatable bonds is 10. The van der Waals surface area contributed by atoms with Crippen LogP contribution in [0, 0.1) is 27.7 Å². The van der Waals surface area contributed by atoms with E-state index in [1.807, 2.05) is 36.4 Å². The van der Waals surface area contributed by atoms with Gasteiger partial charge in [-0.05, 0) is 111 Å². The quantitative estimate of drug-likeness (QED) is 0.127. The van der Waals surface area contributed by atoms with E-state index in [0.29, 0.717) is 17.5 Å². The monoisotopic (exact) mass is 922 g/mol. The largest absolute Gasteiger partial charge is 0.308 e. The van der Waals surface area contributed by atoms with Crippen LogP contribution in [0.25, 0.3) is 34.2 Å². The van der Waals surface area contributed by atoms with E-state index < -0.39 is 8.07 Å². The summed E-state index contributed by atoms with van der Waals surface area (Å²) in [6, 6.07) is 78.7. The summed E-state index contributed by atoms with van der Waals surface area (Å²) in [5.74, 6) is 1.77. The van der Waals surface area contributed by atoms with Crippen molar-refractivity contribution in [2.75, 3.05) is 14.7 Å². The lowest BCUT2D eigenvalue weighted by Gasteiger charge is -2.44. The van der Waals surface area contributed by atoms with Gasteiger partial charge in [0.15, 0.2) is 17.5 Å². The van der Waals surface area contributed by atoms with E-state index in [9.17, 15) is 0 Å². The van der Waals surface area contributed by atoms with Crippen LogP contribution in [0.3, 0.4) is 0 Å². The number of fused-ring (bicyclic) bond motifs is 2. The topological polar surface area (TPSA) is 48.4 Å². The Morgan fingerprint density at radius 3 is 0.986 bits per heavy atom. The predicted molar refractivity (Wildman–Crippen MR) is 296 cm³/mol. The number of anilines is 9. The SMILES string of the molecule is Cc1ccc(N(c2ccc(C)cc2)c2cc(-c3nc(-c4ccccc4)nc(-c4ccccc4)n3)cc(N(c3ccc(C)cc3)c3ccc(C)cc3)c2N2c3ccccc3[Si](C)(C)c3ccccc32)cc1. The minimum atomic E-state index is -2.21.